The first kappa shape index (κ1) is 15.9. The summed E-state index contributed by atoms with van der Waals surface area (Å²) in [6, 6.07) is 10.7. The van der Waals surface area contributed by atoms with E-state index in [0.29, 0.717) is 6.54 Å². The van der Waals surface area contributed by atoms with E-state index in [1.165, 1.54) is 35.5 Å². The first-order valence-electron chi connectivity index (χ1n) is 8.84. The maximum Gasteiger partial charge on any atom is 0.280 e. The van der Waals surface area contributed by atoms with Crippen molar-refractivity contribution in [3.8, 4) is 0 Å². The van der Waals surface area contributed by atoms with Gasteiger partial charge in [-0.1, -0.05) is 18.2 Å². The van der Waals surface area contributed by atoms with Crippen LogP contribution in [-0.2, 0) is 5.72 Å². The van der Waals surface area contributed by atoms with E-state index >= 15 is 0 Å². The number of aryl methyl sites for hydroxylation is 2. The quantitative estimate of drug-likeness (QED) is 0.835. The molecule has 1 atom stereocenters. The summed E-state index contributed by atoms with van der Waals surface area (Å²) in [4.78, 5) is 3.42. The maximum absolute atomic E-state index is 11.6. The van der Waals surface area contributed by atoms with Gasteiger partial charge in [0.15, 0.2) is 6.54 Å². The molecule has 2 aromatic rings. The van der Waals surface area contributed by atoms with Gasteiger partial charge >= 0.3 is 0 Å². The van der Waals surface area contributed by atoms with Crippen LogP contribution in [0.2, 0.25) is 0 Å². The fourth-order valence-electron chi connectivity index (χ4n) is 4.02. The van der Waals surface area contributed by atoms with E-state index < -0.39 is 5.72 Å². The Hall–Kier alpha value is -1.65. The molecule has 2 aliphatic heterocycles. The van der Waals surface area contributed by atoms with Crippen molar-refractivity contribution in [2.75, 3.05) is 18.0 Å². The molecule has 0 spiro atoms. The highest BCUT2D eigenvalue weighted by molar-refractivity contribution is 7.10. The van der Waals surface area contributed by atoms with Crippen LogP contribution < -0.4 is 4.90 Å². The van der Waals surface area contributed by atoms with E-state index in [9.17, 15) is 5.11 Å². The van der Waals surface area contributed by atoms with Crippen molar-refractivity contribution in [1.82, 2.24) is 0 Å². The molecule has 1 aromatic carbocycles. The zero-order valence-corrected chi connectivity index (χ0v) is 15.3. The van der Waals surface area contributed by atoms with Crippen LogP contribution in [0.3, 0.4) is 0 Å². The molecule has 0 unspecified atom stereocenters. The molecule has 1 N–H and O–H groups in total. The zero-order valence-electron chi connectivity index (χ0n) is 14.5. The van der Waals surface area contributed by atoms with Crippen molar-refractivity contribution >= 4 is 22.9 Å². The van der Waals surface area contributed by atoms with E-state index in [4.69, 9.17) is 0 Å². The highest BCUT2D eigenvalue weighted by Crippen LogP contribution is 2.38. The smallest absolute Gasteiger partial charge is 0.280 e. The van der Waals surface area contributed by atoms with Gasteiger partial charge in [-0.15, -0.1) is 11.3 Å². The molecule has 24 heavy (non-hydrogen) atoms. The average molecular weight is 342 g/mol. The molecule has 0 fully saturated rings. The molecule has 0 bridgehead atoms. The van der Waals surface area contributed by atoms with E-state index in [1.54, 1.807) is 11.3 Å². The molecule has 3 heterocycles. The number of thiophene rings is 1. The number of amidine groups is 1. The largest absolute Gasteiger partial charge is 0.346 e. The van der Waals surface area contributed by atoms with E-state index in [2.05, 4.69) is 53.0 Å². The molecule has 0 amide bonds. The van der Waals surface area contributed by atoms with Crippen LogP contribution in [0.15, 0.2) is 35.7 Å². The molecule has 0 radical (unpaired) electrons. The molecule has 3 nitrogen and oxygen atoms in total. The first-order valence-corrected chi connectivity index (χ1v) is 9.72. The minimum absolute atomic E-state index is 0.618. The number of rotatable bonds is 2. The third-order valence-electron chi connectivity index (χ3n) is 5.30. The van der Waals surface area contributed by atoms with Gasteiger partial charge < -0.3 is 5.11 Å². The van der Waals surface area contributed by atoms with Crippen molar-refractivity contribution in [3.05, 3.63) is 51.7 Å². The van der Waals surface area contributed by atoms with Crippen LogP contribution in [0.1, 0.15) is 41.7 Å². The summed E-state index contributed by atoms with van der Waals surface area (Å²) in [6.45, 7) is 5.86. The van der Waals surface area contributed by atoms with Crippen LogP contribution in [-0.4, -0.2) is 28.6 Å². The van der Waals surface area contributed by atoms with Gasteiger partial charge in [-0.2, -0.15) is 0 Å². The normalized spacial score (nSPS) is 24.2. The molecule has 0 saturated heterocycles. The second-order valence-electron chi connectivity index (χ2n) is 7.05. The van der Waals surface area contributed by atoms with Gasteiger partial charge in [0.05, 0.1) is 11.4 Å². The van der Waals surface area contributed by atoms with Gasteiger partial charge in [-0.3, -0.25) is 0 Å². The Kier molecular flexibility index (Phi) is 3.97. The zero-order chi connectivity index (χ0) is 16.7. The maximum atomic E-state index is 11.6. The fourth-order valence-corrected chi connectivity index (χ4v) is 4.85. The summed E-state index contributed by atoms with van der Waals surface area (Å²) in [7, 11) is 0. The lowest BCUT2D eigenvalue weighted by atomic mass is 10.1. The van der Waals surface area contributed by atoms with Gasteiger partial charge in [-0.05, 0) is 61.7 Å². The molecule has 1 aromatic heterocycles. The van der Waals surface area contributed by atoms with Gasteiger partial charge in [0.25, 0.3) is 11.6 Å². The van der Waals surface area contributed by atoms with Crippen LogP contribution in [0.4, 0.5) is 5.69 Å². The minimum atomic E-state index is -0.899. The van der Waals surface area contributed by atoms with Crippen LogP contribution in [0.25, 0.3) is 0 Å². The highest BCUT2D eigenvalue weighted by Gasteiger charge is 2.52. The Morgan fingerprint density at radius 2 is 2.04 bits per heavy atom. The van der Waals surface area contributed by atoms with E-state index in [-0.39, 0.29) is 0 Å². The van der Waals surface area contributed by atoms with Crippen molar-refractivity contribution in [2.24, 2.45) is 0 Å². The van der Waals surface area contributed by atoms with Crippen molar-refractivity contribution in [3.63, 3.8) is 0 Å². The van der Waals surface area contributed by atoms with Crippen LogP contribution in [0, 0.1) is 13.8 Å². The standard InChI is InChI=1S/C20H25N2OS/c1-15-9-10-16(2)17(13-15)21-14-20(23,18-7-6-12-24-18)22-11-5-3-4-8-19(21)22/h6-7,9-10,12-13,23H,3-5,8,11,14H2,1-2H3/q+1/t20-/m1/s1. The second kappa shape index (κ2) is 6.01. The van der Waals surface area contributed by atoms with E-state index in [1.807, 2.05) is 6.07 Å². The molecule has 4 rings (SSSR count). The topological polar surface area (TPSA) is 26.5 Å². The molecule has 0 saturated carbocycles. The number of hydrogen-bond acceptors (Lipinski definition) is 3. The lowest BCUT2D eigenvalue weighted by Crippen LogP contribution is -2.40. The SMILES string of the molecule is Cc1ccc(C)c(N2C[C@@](O)(c3cccs3)[N+]3=C2CCCCC3)c1. The number of aliphatic hydroxyl groups is 1. The van der Waals surface area contributed by atoms with Gasteiger partial charge in [0.1, 0.15) is 5.69 Å². The Morgan fingerprint density at radius 1 is 1.17 bits per heavy atom. The number of anilines is 1. The molecule has 2 aliphatic rings. The fraction of sp³-hybridized carbons (Fsp3) is 0.450. The molecule has 0 aliphatic carbocycles. The van der Waals surface area contributed by atoms with Crippen LogP contribution >= 0.6 is 11.3 Å². The van der Waals surface area contributed by atoms with Crippen molar-refractivity contribution in [2.45, 2.75) is 45.3 Å². The van der Waals surface area contributed by atoms with Gasteiger partial charge in [0.2, 0.25) is 0 Å². The first-order chi connectivity index (χ1) is 11.6. The number of β-amino-alcohol motifs (C(OH)–C–C–N with tert-alkyl or cyclic N) is 1. The summed E-state index contributed by atoms with van der Waals surface area (Å²) in [6.07, 6.45) is 4.63. The molecular formula is C20H25N2OS+. The Morgan fingerprint density at radius 3 is 2.83 bits per heavy atom. The molecular weight excluding hydrogens is 316 g/mol. The van der Waals surface area contributed by atoms with Gasteiger partial charge in [0, 0.05) is 6.42 Å². The second-order valence-corrected chi connectivity index (χ2v) is 8.00. The number of hydrogen-bond donors (Lipinski definition) is 1. The lowest BCUT2D eigenvalue weighted by molar-refractivity contribution is -0.657. The Labute approximate surface area is 147 Å². The molecule has 4 heteroatoms. The average Bonchev–Trinajstić information content (AvgIpc) is 3.11. The predicted octanol–water partition coefficient (Wildman–Crippen LogP) is 4.02. The molecule has 126 valence electrons. The summed E-state index contributed by atoms with van der Waals surface area (Å²) in [5, 5.41) is 13.7. The lowest BCUT2D eigenvalue weighted by Gasteiger charge is -2.22. The summed E-state index contributed by atoms with van der Waals surface area (Å²) in [5.41, 5.74) is 2.88. The van der Waals surface area contributed by atoms with Crippen molar-refractivity contribution in [1.29, 1.82) is 0 Å². The van der Waals surface area contributed by atoms with Gasteiger partial charge in [-0.25, -0.2) is 9.48 Å². The summed E-state index contributed by atoms with van der Waals surface area (Å²) >= 11 is 1.65. The third-order valence-corrected chi connectivity index (χ3v) is 6.31. The highest BCUT2D eigenvalue weighted by atomic mass is 32.1. The third kappa shape index (κ3) is 2.49. The minimum Gasteiger partial charge on any atom is -0.346 e. The van der Waals surface area contributed by atoms with Crippen LogP contribution in [0.5, 0.6) is 0 Å². The van der Waals surface area contributed by atoms with Crippen molar-refractivity contribution < 1.29 is 9.68 Å². The Balaban J connectivity index is 1.85. The Bertz CT molecular complexity index is 781. The monoisotopic (exact) mass is 341 g/mol. The summed E-state index contributed by atoms with van der Waals surface area (Å²) < 4.78 is 2.27. The predicted molar refractivity (Wildman–Crippen MR) is 100 cm³/mol. The van der Waals surface area contributed by atoms with E-state index in [0.717, 1.165) is 24.3 Å². The summed E-state index contributed by atoms with van der Waals surface area (Å²) in [5.74, 6) is 1.29. The number of benzene rings is 1. The number of nitrogens with zero attached hydrogens (tertiary/aromatic N) is 2.